The number of carboxylic acid groups (broad SMARTS) is 1. The summed E-state index contributed by atoms with van der Waals surface area (Å²) < 4.78 is 29.0. The first-order valence-corrected chi connectivity index (χ1v) is 14.0. The molecule has 1 aliphatic heterocycles. The summed E-state index contributed by atoms with van der Waals surface area (Å²) in [6.45, 7) is 3.35. The lowest BCUT2D eigenvalue weighted by atomic mass is 10.0. The molecule has 4 rings (SSSR count). The Morgan fingerprint density at radius 2 is 1.66 bits per heavy atom. The molecule has 1 aliphatic rings. The van der Waals surface area contributed by atoms with E-state index < -0.39 is 28.1 Å². The van der Waals surface area contributed by atoms with Crippen LogP contribution in [-0.4, -0.2) is 61.9 Å². The van der Waals surface area contributed by atoms with E-state index in [9.17, 15) is 23.1 Å². The molecule has 3 aromatic rings. The fourth-order valence-corrected chi connectivity index (χ4v) is 5.93. The number of carbonyl (C=O) groups excluding carboxylic acids is 1. The van der Waals surface area contributed by atoms with Crippen molar-refractivity contribution >= 4 is 50.7 Å². The van der Waals surface area contributed by atoms with Crippen LogP contribution in [0.2, 0.25) is 0 Å². The highest BCUT2D eigenvalue weighted by atomic mass is 32.2. The number of carboxylic acids is 1. The van der Waals surface area contributed by atoms with Gasteiger partial charge in [0.1, 0.15) is 6.04 Å². The molecule has 200 valence electrons. The first kappa shape index (κ1) is 27.3. The molecule has 0 bridgehead atoms. The third kappa shape index (κ3) is 6.39. The van der Waals surface area contributed by atoms with Gasteiger partial charge in [-0.15, -0.1) is 0 Å². The van der Waals surface area contributed by atoms with Crippen molar-refractivity contribution in [3.05, 3.63) is 77.4 Å². The smallest absolute Gasteiger partial charge is 0.321 e. The van der Waals surface area contributed by atoms with Crippen molar-refractivity contribution in [3.8, 4) is 0 Å². The normalized spacial score (nSPS) is 15.7. The monoisotopic (exact) mass is 536 g/mol. The molecule has 0 spiro atoms. The largest absolute Gasteiger partial charge is 0.480 e. The lowest BCUT2D eigenvalue weighted by Crippen LogP contribution is -2.54. The number of anilines is 1. The van der Waals surface area contributed by atoms with Gasteiger partial charge in [0, 0.05) is 37.4 Å². The number of nitrogens with one attached hydrogen (secondary N) is 1. The van der Waals surface area contributed by atoms with Gasteiger partial charge < -0.3 is 15.7 Å². The number of carbonyl (C=O) groups is 2. The van der Waals surface area contributed by atoms with Gasteiger partial charge in [0.15, 0.2) is 0 Å². The average Bonchev–Trinajstić information content (AvgIpc) is 2.91. The molecule has 4 N–H and O–H groups in total. The number of aliphatic carboxylic acids is 1. The van der Waals surface area contributed by atoms with E-state index in [2.05, 4.69) is 9.62 Å². The minimum absolute atomic E-state index is 0.241. The van der Waals surface area contributed by atoms with E-state index in [0.717, 1.165) is 27.6 Å². The second-order valence-corrected chi connectivity index (χ2v) is 11.0. The van der Waals surface area contributed by atoms with Crippen molar-refractivity contribution in [2.24, 2.45) is 5.73 Å². The van der Waals surface area contributed by atoms with Crippen LogP contribution in [0.15, 0.2) is 60.7 Å². The molecular formula is C28H32N4O5S. The number of nitrogens with zero attached hydrogens (tertiary/aromatic N) is 2. The highest BCUT2D eigenvalue weighted by Crippen LogP contribution is 2.23. The third-order valence-electron chi connectivity index (χ3n) is 6.64. The number of hydrogen-bond donors (Lipinski definition) is 3. The van der Waals surface area contributed by atoms with E-state index >= 15 is 0 Å². The lowest BCUT2D eigenvalue weighted by molar-refractivity contribution is -0.139. The summed E-state index contributed by atoms with van der Waals surface area (Å²) in [4.78, 5) is 25.2. The first-order valence-electron chi connectivity index (χ1n) is 12.5. The Morgan fingerprint density at radius 3 is 2.29 bits per heavy atom. The van der Waals surface area contributed by atoms with Gasteiger partial charge in [-0.05, 0) is 52.6 Å². The molecule has 3 aromatic carbocycles. The van der Waals surface area contributed by atoms with Crippen LogP contribution in [0.25, 0.3) is 22.9 Å². The number of piperazine rings is 1. The van der Waals surface area contributed by atoms with Gasteiger partial charge in [-0.3, -0.25) is 9.59 Å². The van der Waals surface area contributed by atoms with Crippen molar-refractivity contribution in [2.75, 3.05) is 31.1 Å². The predicted molar refractivity (Wildman–Crippen MR) is 150 cm³/mol. The van der Waals surface area contributed by atoms with Gasteiger partial charge in [-0.1, -0.05) is 61.9 Å². The zero-order valence-corrected chi connectivity index (χ0v) is 22.0. The molecule has 1 fully saturated rings. The second-order valence-electron chi connectivity index (χ2n) is 9.26. The van der Waals surface area contributed by atoms with Crippen LogP contribution in [-0.2, 0) is 15.0 Å². The van der Waals surface area contributed by atoms with Crippen molar-refractivity contribution in [3.63, 3.8) is 0 Å². The van der Waals surface area contributed by atoms with Crippen LogP contribution < -0.4 is 15.4 Å². The average molecular weight is 537 g/mol. The van der Waals surface area contributed by atoms with Crippen LogP contribution in [0.4, 0.5) is 5.69 Å². The Bertz CT molecular complexity index is 1450. The van der Waals surface area contributed by atoms with E-state index in [1.807, 2.05) is 73.7 Å². The summed E-state index contributed by atoms with van der Waals surface area (Å²) >= 11 is 0. The van der Waals surface area contributed by atoms with Gasteiger partial charge in [0.05, 0.1) is 0 Å². The molecule has 9 nitrogen and oxygen atoms in total. The van der Waals surface area contributed by atoms with Crippen molar-refractivity contribution in [1.29, 1.82) is 0 Å². The Hall–Kier alpha value is -3.73. The summed E-state index contributed by atoms with van der Waals surface area (Å²) in [6, 6.07) is 18.2. The van der Waals surface area contributed by atoms with E-state index in [0.29, 0.717) is 25.1 Å². The number of hydrogen-bond acceptors (Lipinski definition) is 5. The van der Waals surface area contributed by atoms with Crippen LogP contribution in [0.1, 0.15) is 41.3 Å². The summed E-state index contributed by atoms with van der Waals surface area (Å²) in [7, 11) is -3.88. The van der Waals surface area contributed by atoms with Gasteiger partial charge >= 0.3 is 5.97 Å². The van der Waals surface area contributed by atoms with Crippen LogP contribution in [0.3, 0.4) is 0 Å². The molecule has 0 saturated carbocycles. The Kier molecular flexibility index (Phi) is 8.45. The number of benzene rings is 3. The maximum Gasteiger partial charge on any atom is 0.321 e. The van der Waals surface area contributed by atoms with Crippen molar-refractivity contribution < 1.29 is 23.1 Å². The molecular weight excluding hydrogens is 504 g/mol. The molecule has 1 atom stereocenters. The predicted octanol–water partition coefficient (Wildman–Crippen LogP) is 3.32. The third-order valence-corrected chi connectivity index (χ3v) is 8.27. The molecule has 38 heavy (non-hydrogen) atoms. The standard InChI is InChI=1S/C28H32N4O5S/c1-2-4-26(28(34)35)30-38(36,37)32-17-15-31(16-18-32)23-13-10-20(11-14-23)7-8-21-9-12-22-5-3-6-24(27(29)33)25(22)19-21/h3,5-14,19,26,30H,2,4,15-18H2,1H3,(H2,29,33)(H,34,35). The minimum Gasteiger partial charge on any atom is -0.480 e. The number of nitrogens with two attached hydrogens (primary N) is 1. The highest BCUT2D eigenvalue weighted by molar-refractivity contribution is 7.87. The molecule has 1 saturated heterocycles. The SMILES string of the molecule is CCCC(NS(=O)(=O)N1CCN(c2ccc(C=Cc3ccc4cccc(C(N)=O)c4c3)cc2)CC1)C(=O)O. The topological polar surface area (TPSA) is 133 Å². The van der Waals surface area contributed by atoms with Crippen LogP contribution >= 0.6 is 0 Å². The van der Waals surface area contributed by atoms with E-state index in [-0.39, 0.29) is 19.5 Å². The Morgan fingerprint density at radius 1 is 1.00 bits per heavy atom. The molecule has 0 aliphatic carbocycles. The number of fused-ring (bicyclic) bond motifs is 1. The number of amides is 1. The summed E-state index contributed by atoms with van der Waals surface area (Å²) in [5.74, 6) is -1.62. The Labute approximate surface area is 222 Å². The maximum absolute atomic E-state index is 12.7. The maximum atomic E-state index is 12.7. The number of rotatable bonds is 10. The zero-order valence-electron chi connectivity index (χ0n) is 21.2. The summed E-state index contributed by atoms with van der Waals surface area (Å²) in [5.41, 5.74) is 8.95. The summed E-state index contributed by atoms with van der Waals surface area (Å²) in [5, 5.41) is 11.0. The summed E-state index contributed by atoms with van der Waals surface area (Å²) in [6.07, 6.45) is 4.77. The molecule has 0 radical (unpaired) electrons. The Balaban J connectivity index is 1.38. The first-order chi connectivity index (χ1) is 18.2. The molecule has 1 heterocycles. The number of primary amides is 1. The van der Waals surface area contributed by atoms with E-state index in [1.165, 1.54) is 4.31 Å². The molecule has 1 unspecified atom stereocenters. The molecule has 1 amide bonds. The van der Waals surface area contributed by atoms with E-state index in [1.54, 1.807) is 6.07 Å². The zero-order chi connectivity index (χ0) is 27.3. The van der Waals surface area contributed by atoms with Gasteiger partial charge in [-0.25, -0.2) is 0 Å². The van der Waals surface area contributed by atoms with Gasteiger partial charge in [-0.2, -0.15) is 17.4 Å². The molecule has 0 aromatic heterocycles. The van der Waals surface area contributed by atoms with Crippen LogP contribution in [0.5, 0.6) is 0 Å². The van der Waals surface area contributed by atoms with Crippen molar-refractivity contribution in [1.82, 2.24) is 9.03 Å². The van der Waals surface area contributed by atoms with Crippen molar-refractivity contribution in [2.45, 2.75) is 25.8 Å². The fraction of sp³-hybridized carbons (Fsp3) is 0.286. The molecule has 10 heteroatoms. The van der Waals surface area contributed by atoms with Crippen LogP contribution in [0, 0.1) is 0 Å². The van der Waals surface area contributed by atoms with Gasteiger partial charge in [0.2, 0.25) is 5.91 Å². The van der Waals surface area contributed by atoms with Gasteiger partial charge in [0.25, 0.3) is 10.2 Å². The lowest BCUT2D eigenvalue weighted by Gasteiger charge is -2.35. The minimum atomic E-state index is -3.88. The van der Waals surface area contributed by atoms with E-state index in [4.69, 9.17) is 5.73 Å². The highest BCUT2D eigenvalue weighted by Gasteiger charge is 2.31. The second kappa shape index (κ2) is 11.8. The quantitative estimate of drug-likeness (QED) is 0.341. The fourth-order valence-electron chi connectivity index (χ4n) is 4.56.